The summed E-state index contributed by atoms with van der Waals surface area (Å²) in [5.41, 5.74) is 15.0. The number of primary amides is 2. The maximum atomic E-state index is 13.7. The van der Waals surface area contributed by atoms with E-state index in [2.05, 4.69) is 87.1 Å². The molecular weight excluding hydrogens is 1920 g/mol. The zero-order valence-electron chi connectivity index (χ0n) is 81.0. The monoisotopic (exact) mass is 2060 g/mol. The first-order valence-electron chi connectivity index (χ1n) is 46.4. The van der Waals surface area contributed by atoms with E-state index in [1.54, 1.807) is 53.2 Å². The molecule has 141 heavy (non-hydrogen) atoms. The second-order valence-corrected chi connectivity index (χ2v) is 39.5. The van der Waals surface area contributed by atoms with Gasteiger partial charge in [0.15, 0.2) is 23.6 Å². The standard InChI is InChI=1S/C92H140N16O29S4/c1-53(14-11-10-12-15-55(3)71(131-8)45-65-25-18-56(4)90(132-9)137-65)42-58(6)80(119)82(121)81(120)59(7)44-57(5)70(109)30-17-54(2)43-60-19-26-64(27-20-60)133-35-36-135-92(130)136-38-41-139-138-39-33-73(111)98-48-68(88(126)107-69(89(127)128)52-141-140-40-37-134-91(94)129)106-76(114)51-102-87(125)67(29-32-78(117)118)105-75(113)50-101-86(124)66(28-31-77(115)116)104-74(112)49-99-72(110)16-13-34-96-85(123)61-21-23-62(24-22-61)97-46-63-47-100-84(108-95)79(103-63)83(93)122/h10-12,14-15,21-24,44,47,53-54,56-58,60,64-69,71,81-82,90,97,120-121H,13,16-20,25-43,45-46,48-52,95H2,1-9H3,(H2,93,122)(H2,94,129)(H,96,123)(H,98,111)(H,99,110)(H,100,108)(H,101,124)(H,102,125)(H,104,112)(H,105,113)(H,106,114)(H,107,126)(H,115,116)(H,117,118)(H,127,128)/b12-10+,14-11+,55-15+,59-44+/t53-,54+,56-,57-,58-,60?,64?,65+,66+,67+,68+,69+,71+,81-,82+,90?/m1/s1. The molecule has 11 amide bonds. The van der Waals surface area contributed by atoms with Crippen molar-refractivity contribution in [2.45, 2.75) is 232 Å². The number of ether oxygens (including phenoxy) is 7. The molecule has 1 aromatic heterocycles. The van der Waals surface area contributed by atoms with Gasteiger partial charge in [-0.25, -0.2) is 30.2 Å². The van der Waals surface area contributed by atoms with Crippen molar-refractivity contribution < 1.29 is 140 Å². The van der Waals surface area contributed by atoms with Gasteiger partial charge in [0.25, 0.3) is 11.8 Å². The molecule has 1 aromatic carbocycles. The molecule has 45 nitrogen and oxygen atoms in total. The van der Waals surface area contributed by atoms with Crippen molar-refractivity contribution >= 4 is 155 Å². The Bertz CT molecular complexity index is 4530. The Kier molecular flexibility index (Phi) is 59.1. The summed E-state index contributed by atoms with van der Waals surface area (Å²) in [7, 11) is 7.90. The highest BCUT2D eigenvalue weighted by Gasteiger charge is 2.35. The number of carboxylic acid groups (broad SMARTS) is 3. The molecule has 1 saturated carbocycles. The molecule has 0 radical (unpaired) electrons. The molecule has 4 rings (SSSR count). The maximum absolute atomic E-state index is 13.7. The van der Waals surface area contributed by atoms with Crippen molar-refractivity contribution in [2.75, 3.05) is 107 Å². The summed E-state index contributed by atoms with van der Waals surface area (Å²) in [5.74, 6) is -8.17. The van der Waals surface area contributed by atoms with Crippen LogP contribution < -0.4 is 75.9 Å². The van der Waals surface area contributed by atoms with Crippen LogP contribution >= 0.6 is 43.2 Å². The van der Waals surface area contributed by atoms with Gasteiger partial charge in [-0.3, -0.25) is 67.1 Å². The summed E-state index contributed by atoms with van der Waals surface area (Å²) in [6.45, 7) is 10.2. The first kappa shape index (κ1) is 122. The van der Waals surface area contributed by atoms with Crippen molar-refractivity contribution in [3.63, 3.8) is 0 Å². The minimum atomic E-state index is -1.71. The van der Waals surface area contributed by atoms with Crippen LogP contribution in [0, 0.1) is 35.5 Å². The van der Waals surface area contributed by atoms with Crippen LogP contribution in [0.1, 0.15) is 191 Å². The van der Waals surface area contributed by atoms with E-state index in [0.29, 0.717) is 48.1 Å². The van der Waals surface area contributed by atoms with Gasteiger partial charge in [-0.05, 0) is 144 Å². The highest BCUT2D eigenvalue weighted by molar-refractivity contribution is 8.77. The van der Waals surface area contributed by atoms with E-state index >= 15 is 0 Å². The average Bonchev–Trinajstić information content (AvgIpc) is 0.839. The van der Waals surface area contributed by atoms with Crippen LogP contribution in [0.4, 0.5) is 21.1 Å². The molecule has 1 unspecified atom stereocenters. The number of aliphatic carboxylic acids is 3. The summed E-state index contributed by atoms with van der Waals surface area (Å²) in [6.07, 6.45) is 13.3. The predicted molar refractivity (Wildman–Crippen MR) is 526 cm³/mol. The molecule has 49 heteroatoms. The van der Waals surface area contributed by atoms with E-state index in [0.717, 1.165) is 78.5 Å². The van der Waals surface area contributed by atoms with Crippen LogP contribution in [0.15, 0.2) is 78.1 Å². The summed E-state index contributed by atoms with van der Waals surface area (Å²) < 4.78 is 38.5. The molecule has 2 fully saturated rings. The lowest BCUT2D eigenvalue weighted by molar-refractivity contribution is -0.210. The van der Waals surface area contributed by atoms with E-state index in [9.17, 15) is 107 Å². The van der Waals surface area contributed by atoms with Crippen LogP contribution in [0.25, 0.3) is 0 Å². The molecule has 0 spiro atoms. The molecular formula is C92H140N16O29S4. The number of aromatic nitrogens is 2. The van der Waals surface area contributed by atoms with Crippen molar-refractivity contribution in [1.82, 2.24) is 57.8 Å². The van der Waals surface area contributed by atoms with Crippen LogP contribution in [0.5, 0.6) is 0 Å². The smallest absolute Gasteiger partial charge is 0.481 e. The number of methoxy groups -OCH3 is 2. The number of nitrogen functional groups attached to an aromatic ring is 1. The number of nitrogens with two attached hydrogens (primary N) is 3. The SMILES string of the molecule is COC1O[C@H](C[C@H](OC)/C(C)=C/C=C/C=C/[C@@H](C)C[C@@H](C)C(=O)[C@H](O)[C@H](O)/C(C)=C/[C@@H](C)C(=O)CC[C@H](C)CC2CCC(OCCOC(=O)OCCSSCCC(=O)NC[C@H](NC(=O)CNC(=O)[C@H](CCC(=O)O)NC(=O)CNC(=O)[C@H](CCC(=O)O)NC(=O)CNC(=O)CCCNC(=O)c3ccc(NCc4cnc(NN)c(C(N)=O)n4)cc3)C(=O)N[C@@H](CSSCCOC(N)=O)C(=O)O)CC2)CC[C@H]1C. The van der Waals surface area contributed by atoms with E-state index in [4.69, 9.17) is 45.7 Å². The third-order valence-electron chi connectivity index (χ3n) is 22.6. The number of carbonyl (C=O) groups is 17. The molecule has 2 aromatic rings. The van der Waals surface area contributed by atoms with E-state index in [1.165, 1.54) is 39.9 Å². The molecule has 1 aliphatic carbocycles. The number of allylic oxidation sites excluding steroid dienone is 6. The van der Waals surface area contributed by atoms with Gasteiger partial charge in [-0.15, -0.1) is 0 Å². The largest absolute Gasteiger partial charge is 0.508 e. The van der Waals surface area contributed by atoms with Gasteiger partial charge in [0.2, 0.25) is 47.3 Å². The van der Waals surface area contributed by atoms with Gasteiger partial charge < -0.3 is 129 Å². The van der Waals surface area contributed by atoms with Gasteiger partial charge in [0.1, 0.15) is 62.0 Å². The molecule has 14 atom stereocenters. The van der Waals surface area contributed by atoms with Gasteiger partial charge in [-0.2, -0.15) is 0 Å². The fraction of sp³-hybridized carbons (Fsp3) is 0.620. The number of nitrogens with zero attached hydrogens (tertiary/aromatic N) is 2. The Balaban J connectivity index is 1.14. The number of hydrogen-bond donors (Lipinski definition) is 19. The number of rotatable bonds is 70. The number of benzene rings is 1. The highest BCUT2D eigenvalue weighted by atomic mass is 33.1. The Morgan fingerprint density at radius 3 is 1.81 bits per heavy atom. The first-order valence-corrected chi connectivity index (χ1v) is 51.4. The summed E-state index contributed by atoms with van der Waals surface area (Å²) in [4.78, 5) is 224. The topological polar surface area (TPSA) is 692 Å². The zero-order chi connectivity index (χ0) is 104. The van der Waals surface area contributed by atoms with Crippen molar-refractivity contribution in [1.29, 1.82) is 0 Å². The van der Waals surface area contributed by atoms with Crippen LogP contribution in [0.2, 0.25) is 0 Å². The van der Waals surface area contributed by atoms with Crippen molar-refractivity contribution in [3.8, 4) is 0 Å². The van der Waals surface area contributed by atoms with Crippen molar-refractivity contribution in [3.05, 3.63) is 95.0 Å². The number of ketones is 2. The van der Waals surface area contributed by atoms with Gasteiger partial charge in [-0.1, -0.05) is 114 Å². The molecule has 2 aliphatic rings. The number of amides is 11. The summed E-state index contributed by atoms with van der Waals surface area (Å²) in [5, 5.41) is 74.9. The first-order chi connectivity index (χ1) is 67.1. The third kappa shape index (κ3) is 51.0. The number of aliphatic hydroxyl groups excluding tert-OH is 2. The number of Topliss-reactive ketones (excluding diaryl/α,β-unsaturated/α-hetero) is 2. The number of carbonyl (C=O) groups excluding carboxylic acids is 14. The minimum Gasteiger partial charge on any atom is -0.481 e. The fourth-order valence-corrected chi connectivity index (χ4v) is 18.5. The quantitative estimate of drug-likeness (QED) is 0.00833. The lowest BCUT2D eigenvalue weighted by atomic mass is 9.80. The molecule has 1 saturated heterocycles. The van der Waals surface area contributed by atoms with Crippen LogP contribution in [-0.4, -0.2) is 294 Å². The van der Waals surface area contributed by atoms with Crippen molar-refractivity contribution in [2.24, 2.45) is 52.8 Å². The minimum absolute atomic E-state index is 0.00183. The average molecular weight is 2060 g/mol. The Labute approximate surface area is 835 Å². The predicted octanol–water partition coefficient (Wildman–Crippen LogP) is 4.34. The second-order valence-electron chi connectivity index (χ2n) is 34.1. The summed E-state index contributed by atoms with van der Waals surface area (Å²) in [6, 6.07) is -0.328. The second kappa shape index (κ2) is 68.2. The number of hydrogen-bond acceptors (Lipinski definition) is 35. The Hall–Kier alpha value is -11.0. The number of carboxylic acids is 3. The molecule has 786 valence electrons. The number of hydrazine groups is 1. The lowest BCUT2D eigenvalue weighted by Crippen LogP contribution is -2.58. The molecule has 0 bridgehead atoms. The number of aliphatic hydroxyl groups is 2. The van der Waals surface area contributed by atoms with E-state index in [-0.39, 0.29) is 141 Å². The molecule has 2 heterocycles. The van der Waals surface area contributed by atoms with Crippen LogP contribution in [-0.2, 0) is 102 Å². The Morgan fingerprint density at radius 1 is 0.603 bits per heavy atom. The number of anilines is 2. The van der Waals surface area contributed by atoms with Gasteiger partial charge in [0, 0.05) is 118 Å². The molecule has 22 N–H and O–H groups in total. The summed E-state index contributed by atoms with van der Waals surface area (Å²) >= 11 is 0. The van der Waals surface area contributed by atoms with E-state index in [1.807, 2.05) is 44.2 Å². The van der Waals surface area contributed by atoms with E-state index < -0.39 is 195 Å². The normalized spacial score (nSPS) is 17.8. The lowest BCUT2D eigenvalue weighted by Gasteiger charge is -2.35. The van der Waals surface area contributed by atoms with Gasteiger partial charge >= 0.3 is 30.2 Å². The zero-order valence-corrected chi connectivity index (χ0v) is 84.3. The maximum Gasteiger partial charge on any atom is 0.508 e. The fourth-order valence-electron chi connectivity index (χ4n) is 14.7. The number of nitrogens with one attached hydrogen (secondary N) is 11. The molecule has 1 aliphatic heterocycles. The van der Waals surface area contributed by atoms with Crippen LogP contribution in [0.3, 0.4) is 0 Å². The third-order valence-corrected chi connectivity index (χ3v) is 27.3. The van der Waals surface area contributed by atoms with Gasteiger partial charge in [0.05, 0.1) is 63.0 Å². The highest BCUT2D eigenvalue weighted by Crippen LogP contribution is 2.34. The Morgan fingerprint density at radius 2 is 1.21 bits per heavy atom.